The van der Waals surface area contributed by atoms with Crippen LogP contribution in [0.5, 0.6) is 0 Å². The Morgan fingerprint density at radius 3 is 2.76 bits per heavy atom. The minimum absolute atomic E-state index is 0.0140. The third-order valence-corrected chi connectivity index (χ3v) is 6.56. The topological polar surface area (TPSA) is 69.0 Å². The van der Waals surface area contributed by atoms with Gasteiger partial charge >= 0.3 is 0 Å². The average Bonchev–Trinajstić information content (AvgIpc) is 3.54. The molecule has 3 aromatic heterocycles. The third-order valence-electron chi connectivity index (χ3n) is 6.32. The Morgan fingerprint density at radius 2 is 1.97 bits per heavy atom. The fourth-order valence-corrected chi connectivity index (χ4v) is 4.67. The van der Waals surface area contributed by atoms with Crippen LogP contribution in [0.25, 0.3) is 22.3 Å². The van der Waals surface area contributed by atoms with Crippen LogP contribution in [0, 0.1) is 12.7 Å². The number of nitrogens with zero attached hydrogens (tertiary/aromatic N) is 6. The maximum atomic E-state index is 14.9. The Morgan fingerprint density at radius 1 is 1.12 bits per heavy atom. The lowest BCUT2D eigenvalue weighted by molar-refractivity contribution is -0.0176. The van der Waals surface area contributed by atoms with Gasteiger partial charge in [0.05, 0.1) is 36.1 Å². The first-order valence-electron chi connectivity index (χ1n) is 11.5. The van der Waals surface area contributed by atoms with Gasteiger partial charge in [-0.2, -0.15) is 5.10 Å². The zero-order valence-corrected chi connectivity index (χ0v) is 19.7. The van der Waals surface area contributed by atoms with E-state index in [-0.39, 0.29) is 12.2 Å². The second-order valence-electron chi connectivity index (χ2n) is 9.16. The van der Waals surface area contributed by atoms with E-state index in [0.29, 0.717) is 52.3 Å². The largest absolute Gasteiger partial charge is 0.367 e. The van der Waals surface area contributed by atoms with Gasteiger partial charge in [-0.25, -0.2) is 14.4 Å². The van der Waals surface area contributed by atoms with Crippen molar-refractivity contribution >= 4 is 28.5 Å². The molecule has 1 aromatic carbocycles. The number of pyridine rings is 1. The van der Waals surface area contributed by atoms with Crippen LogP contribution in [0.2, 0.25) is 5.02 Å². The molecule has 0 amide bonds. The van der Waals surface area contributed by atoms with Gasteiger partial charge in [0.1, 0.15) is 28.9 Å². The van der Waals surface area contributed by atoms with Gasteiger partial charge in [0.2, 0.25) is 0 Å². The highest BCUT2D eigenvalue weighted by molar-refractivity contribution is 6.30. The second-order valence-corrected chi connectivity index (χ2v) is 9.59. The van der Waals surface area contributed by atoms with Crippen LogP contribution in [0.4, 0.5) is 10.2 Å². The van der Waals surface area contributed by atoms with Crippen molar-refractivity contribution in [2.24, 2.45) is 0 Å². The number of hydrogen-bond donors (Lipinski definition) is 0. The number of ether oxygens (including phenoxy) is 1. The molecule has 0 radical (unpaired) electrons. The highest BCUT2D eigenvalue weighted by Crippen LogP contribution is 2.37. The third kappa shape index (κ3) is 4.01. The Balaban J connectivity index is 1.41. The smallest absolute Gasteiger partial charge is 0.134 e. The van der Waals surface area contributed by atoms with Crippen molar-refractivity contribution in [3.63, 3.8) is 0 Å². The van der Waals surface area contributed by atoms with E-state index in [9.17, 15) is 4.39 Å². The summed E-state index contributed by atoms with van der Waals surface area (Å²) in [6.07, 6.45) is 7.88. The van der Waals surface area contributed by atoms with Crippen LogP contribution in [-0.2, 0) is 4.74 Å². The van der Waals surface area contributed by atoms with Crippen LogP contribution >= 0.6 is 11.6 Å². The summed E-state index contributed by atoms with van der Waals surface area (Å²) < 4.78 is 23.2. The summed E-state index contributed by atoms with van der Waals surface area (Å²) in [5, 5.41) is 4.86. The normalized spacial score (nSPS) is 20.8. The SMILES string of the molecule is Cc1cnc2c(-c3ccc(Cl)cc3F)nc(N3C[C@@H](c4cnn(C5CC5)c4)O[C@@H](C)C3)cc2n1. The van der Waals surface area contributed by atoms with Gasteiger partial charge in [0.25, 0.3) is 0 Å². The van der Waals surface area contributed by atoms with Gasteiger partial charge < -0.3 is 9.64 Å². The van der Waals surface area contributed by atoms with Gasteiger partial charge in [-0.3, -0.25) is 9.67 Å². The molecule has 34 heavy (non-hydrogen) atoms. The molecule has 174 valence electrons. The van der Waals surface area contributed by atoms with Crippen molar-refractivity contribution in [1.29, 1.82) is 0 Å². The summed E-state index contributed by atoms with van der Waals surface area (Å²) in [7, 11) is 0. The molecule has 2 aliphatic rings. The summed E-state index contributed by atoms with van der Waals surface area (Å²) in [6.45, 7) is 5.21. The molecule has 7 nitrogen and oxygen atoms in total. The summed E-state index contributed by atoms with van der Waals surface area (Å²) in [5.41, 5.74) is 3.87. The lowest BCUT2D eigenvalue weighted by Crippen LogP contribution is -2.43. The summed E-state index contributed by atoms with van der Waals surface area (Å²) >= 11 is 5.99. The number of morpholine rings is 1. The number of aryl methyl sites for hydroxylation is 1. The van der Waals surface area contributed by atoms with E-state index in [1.165, 1.54) is 18.9 Å². The highest BCUT2D eigenvalue weighted by Gasteiger charge is 2.31. The molecular formula is C25H24ClFN6O. The fraction of sp³-hybridized carbons (Fsp3) is 0.360. The van der Waals surface area contributed by atoms with E-state index in [1.807, 2.05) is 23.9 Å². The Kier molecular flexibility index (Phi) is 5.22. The van der Waals surface area contributed by atoms with Crippen molar-refractivity contribution < 1.29 is 9.13 Å². The number of benzene rings is 1. The van der Waals surface area contributed by atoms with Crippen LogP contribution in [0.1, 0.15) is 43.2 Å². The van der Waals surface area contributed by atoms with E-state index in [2.05, 4.69) is 33.1 Å². The number of aromatic nitrogens is 5. The van der Waals surface area contributed by atoms with E-state index >= 15 is 0 Å². The quantitative estimate of drug-likeness (QED) is 0.397. The molecule has 2 atom stereocenters. The molecule has 4 heterocycles. The minimum atomic E-state index is -0.443. The molecule has 4 aromatic rings. The first-order valence-corrected chi connectivity index (χ1v) is 11.9. The van der Waals surface area contributed by atoms with Crippen molar-refractivity contribution in [1.82, 2.24) is 24.7 Å². The second kappa shape index (κ2) is 8.29. The molecule has 0 spiro atoms. The zero-order valence-electron chi connectivity index (χ0n) is 18.9. The molecule has 1 aliphatic carbocycles. The number of hydrogen-bond acceptors (Lipinski definition) is 6. The molecule has 9 heteroatoms. The molecule has 0 unspecified atom stereocenters. The average molecular weight is 479 g/mol. The van der Waals surface area contributed by atoms with E-state index in [0.717, 1.165) is 11.3 Å². The fourth-order valence-electron chi connectivity index (χ4n) is 4.51. The highest BCUT2D eigenvalue weighted by atomic mass is 35.5. The molecule has 6 rings (SSSR count). The summed E-state index contributed by atoms with van der Waals surface area (Å²) in [6, 6.07) is 7.04. The number of anilines is 1. The van der Waals surface area contributed by atoms with Crippen molar-refractivity contribution in [3.8, 4) is 11.3 Å². The summed E-state index contributed by atoms with van der Waals surface area (Å²) in [5.74, 6) is 0.271. The molecule has 0 N–H and O–H groups in total. The standard InChI is InChI=1S/C25H24ClFN6O/c1-14-9-28-25-21(30-14)8-23(31-24(25)19-6-3-17(26)7-20(19)27)32-11-15(2)34-22(13-32)16-10-29-33(12-16)18-4-5-18/h3,6-10,12,15,18,22H,4-5,11,13H2,1-2H3/t15-,22-/m0/s1. The van der Waals surface area contributed by atoms with Crippen LogP contribution in [-0.4, -0.2) is 43.9 Å². The number of fused-ring (bicyclic) bond motifs is 1. The van der Waals surface area contributed by atoms with Gasteiger partial charge in [0.15, 0.2) is 0 Å². The van der Waals surface area contributed by atoms with Gasteiger partial charge in [-0.15, -0.1) is 0 Å². The van der Waals surface area contributed by atoms with Crippen LogP contribution < -0.4 is 4.90 Å². The van der Waals surface area contributed by atoms with Gasteiger partial charge in [-0.1, -0.05) is 11.6 Å². The number of rotatable bonds is 4. The lowest BCUT2D eigenvalue weighted by Gasteiger charge is -2.37. The van der Waals surface area contributed by atoms with Gasteiger partial charge in [-0.05, 0) is 44.9 Å². The zero-order chi connectivity index (χ0) is 23.4. The first kappa shape index (κ1) is 21.4. The monoisotopic (exact) mass is 478 g/mol. The van der Waals surface area contributed by atoms with Crippen molar-refractivity contribution in [3.05, 3.63) is 65.0 Å². The minimum Gasteiger partial charge on any atom is -0.367 e. The number of halogens is 2. The summed E-state index contributed by atoms with van der Waals surface area (Å²) in [4.78, 5) is 16.3. The Bertz CT molecular complexity index is 1390. The first-order chi connectivity index (χ1) is 16.4. The maximum Gasteiger partial charge on any atom is 0.134 e. The van der Waals surface area contributed by atoms with Crippen LogP contribution in [0.15, 0.2) is 42.9 Å². The maximum absolute atomic E-state index is 14.9. The molecular weight excluding hydrogens is 455 g/mol. The molecule has 2 fully saturated rings. The molecule has 1 aliphatic heterocycles. The Labute approximate surface area is 201 Å². The molecule has 1 saturated heterocycles. The lowest BCUT2D eigenvalue weighted by atomic mass is 10.1. The van der Waals surface area contributed by atoms with Crippen LogP contribution in [0.3, 0.4) is 0 Å². The Hall–Kier alpha value is -3.10. The van der Waals surface area contributed by atoms with Crippen molar-refractivity contribution in [2.75, 3.05) is 18.0 Å². The predicted octanol–water partition coefficient (Wildman–Crippen LogP) is 5.29. The van der Waals surface area contributed by atoms with E-state index in [4.69, 9.17) is 21.3 Å². The van der Waals surface area contributed by atoms with E-state index < -0.39 is 5.82 Å². The molecule has 1 saturated carbocycles. The predicted molar refractivity (Wildman–Crippen MR) is 128 cm³/mol. The van der Waals surface area contributed by atoms with Crippen molar-refractivity contribution in [2.45, 2.75) is 44.9 Å². The van der Waals surface area contributed by atoms with E-state index in [1.54, 1.807) is 18.3 Å². The molecule has 0 bridgehead atoms. The van der Waals surface area contributed by atoms with Gasteiger partial charge in [0, 0.05) is 41.2 Å².